The fourth-order valence-corrected chi connectivity index (χ4v) is 2.29. The molecule has 1 N–H and O–H groups in total. The molecule has 0 saturated carbocycles. The number of benzene rings is 1. The molecule has 0 spiro atoms. The summed E-state index contributed by atoms with van der Waals surface area (Å²) in [4.78, 5) is 11.8. The van der Waals surface area contributed by atoms with Gasteiger partial charge in [-0.05, 0) is 43.0 Å². The zero-order valence-electron chi connectivity index (χ0n) is 10.4. The third-order valence-corrected chi connectivity index (χ3v) is 3.59. The summed E-state index contributed by atoms with van der Waals surface area (Å²) in [5.74, 6) is 0.452. The molecule has 0 saturated heterocycles. The fourth-order valence-electron chi connectivity index (χ4n) is 2.29. The molecule has 1 aromatic rings. The zero-order chi connectivity index (χ0) is 12.4. The van der Waals surface area contributed by atoms with Crippen LogP contribution in [0, 0.1) is 19.8 Å². The lowest BCUT2D eigenvalue weighted by atomic mass is 9.86. The first kappa shape index (κ1) is 11.9. The summed E-state index contributed by atoms with van der Waals surface area (Å²) in [6.45, 7) is 4.16. The Kier molecular flexibility index (Phi) is 3.32. The van der Waals surface area contributed by atoms with Crippen LogP contribution in [-0.2, 0) is 11.2 Å². The standard InChI is InChI=1S/C15H18O2/c1-10-4-3-5-12(11(10)2)8-13-9-14(16)6-7-15(13)17/h3-5,9,13,16H,6-8H2,1-2H3. The van der Waals surface area contributed by atoms with Gasteiger partial charge in [0, 0.05) is 18.8 Å². The number of hydrogen-bond acceptors (Lipinski definition) is 2. The van der Waals surface area contributed by atoms with Gasteiger partial charge in [0.05, 0.1) is 5.76 Å². The van der Waals surface area contributed by atoms with Crippen molar-refractivity contribution in [3.8, 4) is 0 Å². The maximum Gasteiger partial charge on any atom is 0.140 e. The molecule has 1 unspecified atom stereocenters. The Morgan fingerprint density at radius 1 is 1.29 bits per heavy atom. The molecular formula is C15H18O2. The Bertz CT molecular complexity index is 472. The third-order valence-electron chi connectivity index (χ3n) is 3.59. The van der Waals surface area contributed by atoms with E-state index in [0.29, 0.717) is 25.0 Å². The zero-order valence-corrected chi connectivity index (χ0v) is 10.4. The van der Waals surface area contributed by atoms with Gasteiger partial charge in [-0.15, -0.1) is 0 Å². The SMILES string of the molecule is Cc1cccc(CC2C=C(O)CCC2=O)c1C. The molecule has 2 nitrogen and oxygen atoms in total. The van der Waals surface area contributed by atoms with Crippen molar-refractivity contribution in [1.82, 2.24) is 0 Å². The molecule has 0 bridgehead atoms. The van der Waals surface area contributed by atoms with Gasteiger partial charge in [0.1, 0.15) is 5.78 Å². The Morgan fingerprint density at radius 3 is 2.82 bits per heavy atom. The molecule has 0 fully saturated rings. The predicted octanol–water partition coefficient (Wildman–Crippen LogP) is 3.27. The molecule has 17 heavy (non-hydrogen) atoms. The van der Waals surface area contributed by atoms with Crippen molar-refractivity contribution in [2.45, 2.75) is 33.1 Å². The van der Waals surface area contributed by atoms with E-state index < -0.39 is 0 Å². The molecule has 1 atom stereocenters. The maximum atomic E-state index is 11.8. The summed E-state index contributed by atoms with van der Waals surface area (Å²) in [6, 6.07) is 6.17. The van der Waals surface area contributed by atoms with Crippen LogP contribution >= 0.6 is 0 Å². The Morgan fingerprint density at radius 2 is 2.06 bits per heavy atom. The number of aliphatic hydroxyl groups is 1. The second-order valence-electron chi connectivity index (χ2n) is 4.79. The minimum atomic E-state index is -0.149. The molecule has 0 heterocycles. The number of hydrogen-bond donors (Lipinski definition) is 1. The van der Waals surface area contributed by atoms with Crippen molar-refractivity contribution in [3.05, 3.63) is 46.7 Å². The molecular weight excluding hydrogens is 212 g/mol. The van der Waals surface area contributed by atoms with Crippen molar-refractivity contribution in [3.63, 3.8) is 0 Å². The molecule has 0 aliphatic heterocycles. The highest BCUT2D eigenvalue weighted by Gasteiger charge is 2.22. The van der Waals surface area contributed by atoms with Crippen molar-refractivity contribution in [1.29, 1.82) is 0 Å². The van der Waals surface area contributed by atoms with Crippen molar-refractivity contribution < 1.29 is 9.90 Å². The molecule has 2 rings (SSSR count). The van der Waals surface area contributed by atoms with Gasteiger partial charge in [0.25, 0.3) is 0 Å². The van der Waals surface area contributed by atoms with Crippen LogP contribution in [0.4, 0.5) is 0 Å². The maximum absolute atomic E-state index is 11.8. The van der Waals surface area contributed by atoms with E-state index in [1.807, 2.05) is 6.07 Å². The summed E-state index contributed by atoms with van der Waals surface area (Å²) in [6.07, 6.45) is 3.39. The van der Waals surface area contributed by atoms with E-state index in [0.717, 1.165) is 0 Å². The van der Waals surface area contributed by atoms with Gasteiger partial charge in [0.15, 0.2) is 0 Å². The largest absolute Gasteiger partial charge is 0.513 e. The normalized spacial score (nSPS) is 20.2. The second kappa shape index (κ2) is 4.74. The van der Waals surface area contributed by atoms with Crippen LogP contribution in [0.5, 0.6) is 0 Å². The molecule has 0 radical (unpaired) electrons. The minimum absolute atomic E-state index is 0.149. The van der Waals surface area contributed by atoms with Gasteiger partial charge in [-0.1, -0.05) is 18.2 Å². The van der Waals surface area contributed by atoms with Crippen LogP contribution in [0.3, 0.4) is 0 Å². The molecule has 90 valence electrons. The van der Waals surface area contributed by atoms with Gasteiger partial charge in [0.2, 0.25) is 0 Å². The van der Waals surface area contributed by atoms with Crippen LogP contribution in [0.15, 0.2) is 30.0 Å². The lowest BCUT2D eigenvalue weighted by Crippen LogP contribution is -2.20. The lowest BCUT2D eigenvalue weighted by Gasteiger charge is -2.18. The van der Waals surface area contributed by atoms with Crippen molar-refractivity contribution in [2.75, 3.05) is 0 Å². The number of allylic oxidation sites excluding steroid dienone is 2. The van der Waals surface area contributed by atoms with E-state index in [4.69, 9.17) is 0 Å². The van der Waals surface area contributed by atoms with Gasteiger partial charge in [-0.2, -0.15) is 0 Å². The highest BCUT2D eigenvalue weighted by molar-refractivity contribution is 5.84. The van der Waals surface area contributed by atoms with Gasteiger partial charge in [-0.25, -0.2) is 0 Å². The average Bonchev–Trinajstić information content (AvgIpc) is 2.30. The number of carbonyl (C=O) groups is 1. The predicted molar refractivity (Wildman–Crippen MR) is 68.1 cm³/mol. The monoisotopic (exact) mass is 230 g/mol. The Labute approximate surface area is 102 Å². The summed E-state index contributed by atoms with van der Waals surface area (Å²) in [5, 5.41) is 9.51. The first-order chi connectivity index (χ1) is 8.08. The van der Waals surface area contributed by atoms with E-state index in [2.05, 4.69) is 26.0 Å². The van der Waals surface area contributed by atoms with Gasteiger partial charge in [-0.3, -0.25) is 4.79 Å². The van der Waals surface area contributed by atoms with E-state index in [1.54, 1.807) is 6.08 Å². The molecule has 1 aliphatic carbocycles. The summed E-state index contributed by atoms with van der Waals surface area (Å²) in [7, 11) is 0. The van der Waals surface area contributed by atoms with Crippen LogP contribution < -0.4 is 0 Å². The molecule has 2 heteroatoms. The molecule has 1 aliphatic rings. The number of ketones is 1. The first-order valence-corrected chi connectivity index (χ1v) is 6.05. The lowest BCUT2D eigenvalue weighted by molar-refractivity contribution is -0.122. The quantitative estimate of drug-likeness (QED) is 0.846. The van der Waals surface area contributed by atoms with Crippen LogP contribution in [-0.4, -0.2) is 10.9 Å². The smallest absolute Gasteiger partial charge is 0.140 e. The number of Topliss-reactive ketones (excluding diaryl/α,β-unsaturated/α-hetero) is 1. The van der Waals surface area contributed by atoms with E-state index in [9.17, 15) is 9.90 Å². The minimum Gasteiger partial charge on any atom is -0.513 e. The number of rotatable bonds is 2. The molecule has 0 amide bonds. The van der Waals surface area contributed by atoms with E-state index in [-0.39, 0.29) is 11.7 Å². The number of aliphatic hydroxyl groups excluding tert-OH is 1. The van der Waals surface area contributed by atoms with E-state index >= 15 is 0 Å². The Hall–Kier alpha value is -1.57. The van der Waals surface area contributed by atoms with E-state index in [1.165, 1.54) is 16.7 Å². The Balaban J connectivity index is 2.23. The summed E-state index contributed by atoms with van der Waals surface area (Å²) < 4.78 is 0. The highest BCUT2D eigenvalue weighted by Crippen LogP contribution is 2.24. The van der Waals surface area contributed by atoms with Crippen molar-refractivity contribution >= 4 is 5.78 Å². The second-order valence-corrected chi connectivity index (χ2v) is 4.79. The average molecular weight is 230 g/mol. The van der Waals surface area contributed by atoms with Crippen LogP contribution in [0.25, 0.3) is 0 Å². The third kappa shape index (κ3) is 2.57. The highest BCUT2D eigenvalue weighted by atomic mass is 16.3. The number of aryl methyl sites for hydroxylation is 1. The summed E-state index contributed by atoms with van der Waals surface area (Å²) in [5.41, 5.74) is 3.70. The first-order valence-electron chi connectivity index (χ1n) is 6.05. The fraction of sp³-hybridized carbons (Fsp3) is 0.400. The number of carbonyl (C=O) groups excluding carboxylic acids is 1. The van der Waals surface area contributed by atoms with Gasteiger partial charge < -0.3 is 5.11 Å². The molecule has 0 aromatic heterocycles. The van der Waals surface area contributed by atoms with Crippen LogP contribution in [0.2, 0.25) is 0 Å². The van der Waals surface area contributed by atoms with Crippen LogP contribution in [0.1, 0.15) is 29.5 Å². The molecule has 1 aromatic carbocycles. The topological polar surface area (TPSA) is 37.3 Å². The van der Waals surface area contributed by atoms with Gasteiger partial charge >= 0.3 is 0 Å². The summed E-state index contributed by atoms with van der Waals surface area (Å²) >= 11 is 0. The van der Waals surface area contributed by atoms with Crippen molar-refractivity contribution in [2.24, 2.45) is 5.92 Å².